The van der Waals surface area contributed by atoms with Crippen molar-refractivity contribution in [2.45, 2.75) is 26.3 Å². The topological polar surface area (TPSA) is 46.9 Å². The van der Waals surface area contributed by atoms with Gasteiger partial charge in [0, 0.05) is 18.8 Å². The van der Waals surface area contributed by atoms with Crippen molar-refractivity contribution in [3.8, 4) is 0 Å². The van der Waals surface area contributed by atoms with Crippen LogP contribution in [0.25, 0.3) is 0 Å². The van der Waals surface area contributed by atoms with Gasteiger partial charge in [0.15, 0.2) is 5.82 Å². The fraction of sp³-hybridized carbons (Fsp3) is 0.556. The molecule has 14 heavy (non-hydrogen) atoms. The Morgan fingerprint density at radius 3 is 2.57 bits per heavy atom. The van der Waals surface area contributed by atoms with E-state index >= 15 is 0 Å². The third-order valence-electron chi connectivity index (χ3n) is 1.54. The Morgan fingerprint density at radius 2 is 2.07 bits per heavy atom. The van der Waals surface area contributed by atoms with Gasteiger partial charge in [-0.25, -0.2) is 4.98 Å². The molecule has 0 spiro atoms. The van der Waals surface area contributed by atoms with Crippen LogP contribution in [0.2, 0.25) is 0 Å². The molecule has 0 amide bonds. The van der Waals surface area contributed by atoms with Gasteiger partial charge in [-0.15, -0.1) is 0 Å². The van der Waals surface area contributed by atoms with Gasteiger partial charge in [0.25, 0.3) is 5.56 Å². The summed E-state index contributed by atoms with van der Waals surface area (Å²) in [6.45, 7) is 5.94. The van der Waals surface area contributed by atoms with Crippen LogP contribution in [-0.2, 0) is 7.05 Å². The fourth-order valence-electron chi connectivity index (χ4n) is 1.01. The highest BCUT2D eigenvalue weighted by atomic mass is 79.9. The Hall–Kier alpha value is -0.840. The highest BCUT2D eigenvalue weighted by molar-refractivity contribution is 9.10. The number of hydrogen-bond donors (Lipinski definition) is 1. The number of nitrogens with zero attached hydrogens (tertiary/aromatic N) is 2. The maximum absolute atomic E-state index is 11.6. The van der Waals surface area contributed by atoms with Gasteiger partial charge in [0.1, 0.15) is 4.60 Å². The SMILES string of the molecule is Cn1cc(Br)nc(NC(C)(C)C)c1=O. The van der Waals surface area contributed by atoms with Crippen LogP contribution in [0.1, 0.15) is 20.8 Å². The van der Waals surface area contributed by atoms with E-state index in [1.54, 1.807) is 13.2 Å². The predicted molar refractivity (Wildman–Crippen MR) is 60.6 cm³/mol. The van der Waals surface area contributed by atoms with Crippen molar-refractivity contribution < 1.29 is 0 Å². The van der Waals surface area contributed by atoms with E-state index in [0.29, 0.717) is 10.4 Å². The van der Waals surface area contributed by atoms with Crippen molar-refractivity contribution in [3.05, 3.63) is 21.2 Å². The second-order valence-corrected chi connectivity index (χ2v) is 5.02. The number of aryl methyl sites for hydroxylation is 1. The molecule has 1 N–H and O–H groups in total. The molecule has 0 saturated heterocycles. The van der Waals surface area contributed by atoms with Gasteiger partial charge in [0.05, 0.1) is 0 Å². The number of anilines is 1. The van der Waals surface area contributed by atoms with E-state index in [1.807, 2.05) is 20.8 Å². The number of nitrogens with one attached hydrogen (secondary N) is 1. The highest BCUT2D eigenvalue weighted by Gasteiger charge is 2.13. The van der Waals surface area contributed by atoms with Crippen molar-refractivity contribution in [3.63, 3.8) is 0 Å². The molecule has 1 aromatic heterocycles. The summed E-state index contributed by atoms with van der Waals surface area (Å²) < 4.78 is 2.14. The summed E-state index contributed by atoms with van der Waals surface area (Å²) in [6.07, 6.45) is 1.64. The summed E-state index contributed by atoms with van der Waals surface area (Å²) >= 11 is 3.24. The smallest absolute Gasteiger partial charge is 0.293 e. The maximum atomic E-state index is 11.6. The number of aromatic nitrogens is 2. The van der Waals surface area contributed by atoms with Crippen LogP contribution < -0.4 is 10.9 Å². The van der Waals surface area contributed by atoms with Crippen molar-refractivity contribution in [2.75, 3.05) is 5.32 Å². The molecule has 4 nitrogen and oxygen atoms in total. The first-order chi connectivity index (χ1) is 6.29. The van der Waals surface area contributed by atoms with Crippen LogP contribution in [0, 0.1) is 0 Å². The Bertz CT molecular complexity index is 392. The van der Waals surface area contributed by atoms with E-state index in [-0.39, 0.29) is 11.1 Å². The quantitative estimate of drug-likeness (QED) is 0.836. The zero-order valence-corrected chi connectivity index (χ0v) is 10.3. The Labute approximate surface area is 91.5 Å². The average molecular weight is 260 g/mol. The molecular formula is C9H14BrN3O. The van der Waals surface area contributed by atoms with Gasteiger partial charge < -0.3 is 9.88 Å². The standard InChI is InChI=1S/C9H14BrN3O/c1-9(2,3)12-7-8(14)13(4)5-6(10)11-7/h5H,1-4H3,(H,11,12). The second kappa shape index (κ2) is 3.73. The zero-order chi connectivity index (χ0) is 10.9. The molecule has 0 fully saturated rings. The number of hydrogen-bond acceptors (Lipinski definition) is 3. The molecule has 78 valence electrons. The van der Waals surface area contributed by atoms with E-state index in [1.165, 1.54) is 4.57 Å². The minimum atomic E-state index is -0.167. The lowest BCUT2D eigenvalue weighted by molar-refractivity contribution is 0.625. The van der Waals surface area contributed by atoms with E-state index in [9.17, 15) is 4.79 Å². The Kier molecular flexibility index (Phi) is 2.99. The van der Waals surface area contributed by atoms with Crippen molar-refractivity contribution in [1.29, 1.82) is 0 Å². The maximum Gasteiger partial charge on any atom is 0.293 e. The summed E-state index contributed by atoms with van der Waals surface area (Å²) in [4.78, 5) is 15.7. The van der Waals surface area contributed by atoms with Crippen LogP contribution in [0.4, 0.5) is 5.82 Å². The number of halogens is 1. The normalized spacial score (nSPS) is 11.5. The summed E-state index contributed by atoms with van der Waals surface area (Å²) in [6, 6.07) is 0. The number of rotatable bonds is 1. The molecule has 5 heteroatoms. The van der Waals surface area contributed by atoms with Crippen LogP contribution in [-0.4, -0.2) is 15.1 Å². The zero-order valence-electron chi connectivity index (χ0n) is 8.76. The monoisotopic (exact) mass is 259 g/mol. The minimum Gasteiger partial charge on any atom is -0.361 e. The summed E-state index contributed by atoms with van der Waals surface area (Å²) in [5.74, 6) is 0.370. The highest BCUT2D eigenvalue weighted by Crippen LogP contribution is 2.10. The largest absolute Gasteiger partial charge is 0.361 e. The first kappa shape index (κ1) is 11.2. The Morgan fingerprint density at radius 1 is 1.50 bits per heavy atom. The molecule has 1 aromatic rings. The molecule has 0 aliphatic rings. The molecule has 0 atom stereocenters. The third kappa shape index (κ3) is 2.83. The van der Waals surface area contributed by atoms with E-state index in [2.05, 4.69) is 26.2 Å². The lowest BCUT2D eigenvalue weighted by Gasteiger charge is -2.20. The van der Waals surface area contributed by atoms with Crippen LogP contribution in [0.15, 0.2) is 15.6 Å². The van der Waals surface area contributed by atoms with Gasteiger partial charge in [-0.05, 0) is 36.7 Å². The van der Waals surface area contributed by atoms with Crippen LogP contribution >= 0.6 is 15.9 Å². The van der Waals surface area contributed by atoms with Crippen molar-refractivity contribution in [1.82, 2.24) is 9.55 Å². The predicted octanol–water partition coefficient (Wildman–Crippen LogP) is 1.75. The molecule has 1 heterocycles. The Balaban J connectivity index is 3.16. The summed E-state index contributed by atoms with van der Waals surface area (Å²) in [5, 5.41) is 3.06. The fourth-order valence-corrected chi connectivity index (χ4v) is 1.49. The van der Waals surface area contributed by atoms with Gasteiger partial charge in [-0.2, -0.15) is 0 Å². The van der Waals surface area contributed by atoms with Gasteiger partial charge in [-0.1, -0.05) is 0 Å². The van der Waals surface area contributed by atoms with Crippen LogP contribution in [0.3, 0.4) is 0 Å². The molecule has 1 rings (SSSR count). The lowest BCUT2D eigenvalue weighted by Crippen LogP contribution is -2.32. The second-order valence-electron chi connectivity index (χ2n) is 4.20. The minimum absolute atomic E-state index is 0.122. The molecule has 0 saturated carbocycles. The average Bonchev–Trinajstić information content (AvgIpc) is 1.96. The van der Waals surface area contributed by atoms with E-state index in [4.69, 9.17) is 0 Å². The van der Waals surface area contributed by atoms with E-state index < -0.39 is 0 Å². The molecule has 0 aliphatic carbocycles. The van der Waals surface area contributed by atoms with Crippen LogP contribution in [0.5, 0.6) is 0 Å². The first-order valence-corrected chi connectivity index (χ1v) is 5.10. The molecule has 0 unspecified atom stereocenters. The lowest BCUT2D eigenvalue weighted by atomic mass is 10.1. The summed E-state index contributed by atoms with van der Waals surface area (Å²) in [5.41, 5.74) is -0.289. The van der Waals surface area contributed by atoms with Gasteiger partial charge >= 0.3 is 0 Å². The molecular weight excluding hydrogens is 246 g/mol. The first-order valence-electron chi connectivity index (χ1n) is 4.31. The molecule has 0 aromatic carbocycles. The van der Waals surface area contributed by atoms with E-state index in [0.717, 1.165) is 0 Å². The third-order valence-corrected chi connectivity index (χ3v) is 1.92. The molecule has 0 radical (unpaired) electrons. The van der Waals surface area contributed by atoms with Crippen molar-refractivity contribution >= 4 is 21.7 Å². The van der Waals surface area contributed by atoms with Gasteiger partial charge in [0.2, 0.25) is 0 Å². The summed E-state index contributed by atoms with van der Waals surface area (Å²) in [7, 11) is 1.70. The molecule has 0 aliphatic heterocycles. The van der Waals surface area contributed by atoms with Crippen molar-refractivity contribution in [2.24, 2.45) is 7.05 Å². The van der Waals surface area contributed by atoms with Gasteiger partial charge in [-0.3, -0.25) is 4.79 Å². The molecule has 0 bridgehead atoms.